The smallest absolute Gasteiger partial charge is 0.259 e. The maximum atomic E-state index is 13.0. The summed E-state index contributed by atoms with van der Waals surface area (Å²) in [6.07, 6.45) is 0. The van der Waals surface area contributed by atoms with Crippen LogP contribution in [0.1, 0.15) is 20.9 Å². The molecular formula is C20H17N3O3S. The Morgan fingerprint density at radius 3 is 2.59 bits per heavy atom. The molecule has 0 aliphatic rings. The molecule has 1 aromatic carbocycles. The van der Waals surface area contributed by atoms with Gasteiger partial charge in [0.25, 0.3) is 11.6 Å². The summed E-state index contributed by atoms with van der Waals surface area (Å²) in [4.78, 5) is 19.7. The van der Waals surface area contributed by atoms with Crippen LogP contribution in [0.5, 0.6) is 5.75 Å². The number of rotatable bonds is 4. The lowest BCUT2D eigenvalue weighted by Crippen LogP contribution is -2.13. The van der Waals surface area contributed by atoms with Crippen LogP contribution < -0.4 is 10.1 Å². The quantitative estimate of drug-likeness (QED) is 0.549. The first-order valence-electron chi connectivity index (χ1n) is 8.34. The number of hydrogen-bond donors (Lipinski definition) is 1. The van der Waals surface area contributed by atoms with Crippen molar-refractivity contribution in [1.29, 1.82) is 0 Å². The molecule has 0 atom stereocenters. The number of nitrogens with one attached hydrogen (secondary N) is 1. The van der Waals surface area contributed by atoms with Crippen LogP contribution in [0.25, 0.3) is 21.7 Å². The van der Waals surface area contributed by atoms with Gasteiger partial charge in [-0.3, -0.25) is 4.79 Å². The van der Waals surface area contributed by atoms with Crippen molar-refractivity contribution in [3.05, 3.63) is 58.6 Å². The fraction of sp³-hybridized carbons (Fsp3) is 0.150. The van der Waals surface area contributed by atoms with Gasteiger partial charge in [-0.2, -0.15) is 0 Å². The van der Waals surface area contributed by atoms with Gasteiger partial charge in [-0.25, -0.2) is 4.98 Å². The maximum Gasteiger partial charge on any atom is 0.259 e. The fourth-order valence-corrected chi connectivity index (χ4v) is 3.67. The molecular weight excluding hydrogens is 362 g/mol. The van der Waals surface area contributed by atoms with Gasteiger partial charge < -0.3 is 14.6 Å². The molecule has 136 valence electrons. The number of aryl methyl sites for hydroxylation is 2. The third-order valence-corrected chi connectivity index (χ3v) is 5.23. The minimum Gasteiger partial charge on any atom is -0.497 e. The molecule has 0 spiro atoms. The van der Waals surface area contributed by atoms with Crippen molar-refractivity contribution < 1.29 is 14.1 Å². The summed E-state index contributed by atoms with van der Waals surface area (Å²) >= 11 is 1.61. The molecule has 4 rings (SSSR count). The summed E-state index contributed by atoms with van der Waals surface area (Å²) in [6, 6.07) is 13.0. The molecule has 0 radical (unpaired) electrons. The Hall–Kier alpha value is -3.19. The number of benzene rings is 1. The van der Waals surface area contributed by atoms with Crippen molar-refractivity contribution in [2.45, 2.75) is 13.8 Å². The van der Waals surface area contributed by atoms with E-state index in [0.29, 0.717) is 33.7 Å². The molecule has 0 aliphatic carbocycles. The number of methoxy groups -OCH3 is 1. The first-order valence-corrected chi connectivity index (χ1v) is 9.16. The molecule has 0 bridgehead atoms. The Balaban J connectivity index is 1.76. The largest absolute Gasteiger partial charge is 0.497 e. The van der Waals surface area contributed by atoms with E-state index >= 15 is 0 Å². The summed E-state index contributed by atoms with van der Waals surface area (Å²) in [5.41, 5.74) is 2.84. The van der Waals surface area contributed by atoms with Crippen molar-refractivity contribution in [3.63, 3.8) is 0 Å². The van der Waals surface area contributed by atoms with E-state index in [9.17, 15) is 4.79 Å². The third-order valence-electron chi connectivity index (χ3n) is 4.20. The van der Waals surface area contributed by atoms with E-state index in [0.717, 1.165) is 10.6 Å². The third kappa shape index (κ3) is 3.29. The van der Waals surface area contributed by atoms with E-state index in [1.807, 2.05) is 19.1 Å². The molecule has 3 aromatic heterocycles. The van der Waals surface area contributed by atoms with E-state index in [2.05, 4.69) is 15.5 Å². The van der Waals surface area contributed by atoms with Gasteiger partial charge in [-0.15, -0.1) is 11.3 Å². The molecule has 3 heterocycles. The topological polar surface area (TPSA) is 77.2 Å². The van der Waals surface area contributed by atoms with Gasteiger partial charge in [0.2, 0.25) is 0 Å². The van der Waals surface area contributed by atoms with Crippen molar-refractivity contribution in [2.75, 3.05) is 12.4 Å². The molecule has 0 saturated carbocycles. The van der Waals surface area contributed by atoms with Gasteiger partial charge in [0.1, 0.15) is 5.75 Å². The minimum atomic E-state index is -0.242. The van der Waals surface area contributed by atoms with Crippen LogP contribution in [0.3, 0.4) is 0 Å². The maximum absolute atomic E-state index is 13.0. The van der Waals surface area contributed by atoms with Crippen LogP contribution >= 0.6 is 11.3 Å². The predicted octanol–water partition coefficient (Wildman–Crippen LogP) is 4.83. The lowest BCUT2D eigenvalue weighted by Gasteiger charge is -2.08. The minimum absolute atomic E-state index is 0.242. The van der Waals surface area contributed by atoms with E-state index in [1.165, 1.54) is 4.88 Å². The summed E-state index contributed by atoms with van der Waals surface area (Å²) in [7, 11) is 1.60. The Morgan fingerprint density at radius 1 is 1.15 bits per heavy atom. The fourth-order valence-electron chi connectivity index (χ4n) is 2.84. The van der Waals surface area contributed by atoms with Gasteiger partial charge in [-0.05, 0) is 56.3 Å². The normalized spacial score (nSPS) is 10.9. The summed E-state index contributed by atoms with van der Waals surface area (Å²) < 4.78 is 10.5. The second-order valence-corrected chi connectivity index (χ2v) is 7.38. The molecule has 0 fully saturated rings. The lowest BCUT2D eigenvalue weighted by atomic mass is 10.1. The molecule has 0 unspecified atom stereocenters. The number of ether oxygens (including phenoxy) is 1. The van der Waals surface area contributed by atoms with E-state index in [4.69, 9.17) is 9.26 Å². The van der Waals surface area contributed by atoms with E-state index < -0.39 is 0 Å². The molecule has 1 amide bonds. The number of carbonyl (C=O) groups is 1. The SMILES string of the molecule is COc1ccc(NC(=O)c2cc(-c3ccc(C)s3)nc3onc(C)c23)cc1. The molecule has 6 nitrogen and oxygen atoms in total. The highest BCUT2D eigenvalue weighted by molar-refractivity contribution is 7.15. The van der Waals surface area contributed by atoms with Crippen LogP contribution in [-0.2, 0) is 0 Å². The summed E-state index contributed by atoms with van der Waals surface area (Å²) in [5.74, 6) is 0.484. The second-order valence-electron chi connectivity index (χ2n) is 6.10. The highest BCUT2D eigenvalue weighted by Crippen LogP contribution is 2.31. The van der Waals surface area contributed by atoms with Crippen molar-refractivity contribution in [2.24, 2.45) is 0 Å². The van der Waals surface area contributed by atoms with Gasteiger partial charge in [0, 0.05) is 10.6 Å². The molecule has 0 aliphatic heterocycles. The zero-order chi connectivity index (χ0) is 19.0. The highest BCUT2D eigenvalue weighted by atomic mass is 32.1. The van der Waals surface area contributed by atoms with Gasteiger partial charge in [0.05, 0.1) is 34.3 Å². The number of aromatic nitrogens is 2. The molecule has 27 heavy (non-hydrogen) atoms. The van der Waals surface area contributed by atoms with Crippen molar-refractivity contribution in [1.82, 2.24) is 10.1 Å². The first-order chi connectivity index (χ1) is 13.0. The number of carbonyl (C=O) groups excluding carboxylic acids is 1. The zero-order valence-electron chi connectivity index (χ0n) is 15.1. The Morgan fingerprint density at radius 2 is 1.93 bits per heavy atom. The van der Waals surface area contributed by atoms with E-state index in [-0.39, 0.29) is 5.91 Å². The molecule has 0 saturated heterocycles. The number of hydrogen-bond acceptors (Lipinski definition) is 6. The monoisotopic (exact) mass is 379 g/mol. The number of anilines is 1. The van der Waals surface area contributed by atoms with Crippen molar-refractivity contribution in [3.8, 4) is 16.3 Å². The average Bonchev–Trinajstić information content (AvgIpc) is 3.27. The van der Waals surface area contributed by atoms with Crippen LogP contribution in [0, 0.1) is 13.8 Å². The Bertz CT molecular complexity index is 1130. The van der Waals surface area contributed by atoms with Crippen molar-refractivity contribution >= 4 is 34.0 Å². The first kappa shape index (κ1) is 17.2. The standard InChI is InChI=1S/C20H17N3O3S/c1-11-4-9-17(27-11)16-10-15(18-12(2)23-26-20(18)22-16)19(24)21-13-5-7-14(25-3)8-6-13/h4-10H,1-3H3,(H,21,24). The summed E-state index contributed by atoms with van der Waals surface area (Å²) in [5, 5.41) is 7.52. The lowest BCUT2D eigenvalue weighted by molar-refractivity contribution is 0.102. The molecule has 1 N–H and O–H groups in total. The zero-order valence-corrected chi connectivity index (χ0v) is 15.9. The number of nitrogens with zero attached hydrogens (tertiary/aromatic N) is 2. The molecule has 4 aromatic rings. The van der Waals surface area contributed by atoms with Crippen LogP contribution in [0.4, 0.5) is 5.69 Å². The molecule has 7 heteroatoms. The number of thiophene rings is 1. The van der Waals surface area contributed by atoms with Crippen LogP contribution in [-0.4, -0.2) is 23.2 Å². The van der Waals surface area contributed by atoms with Gasteiger partial charge in [0.15, 0.2) is 0 Å². The van der Waals surface area contributed by atoms with Crippen LogP contribution in [0.15, 0.2) is 47.0 Å². The Kier molecular flexibility index (Phi) is 4.37. The van der Waals surface area contributed by atoms with Crippen LogP contribution in [0.2, 0.25) is 0 Å². The summed E-state index contributed by atoms with van der Waals surface area (Å²) in [6.45, 7) is 3.83. The van der Waals surface area contributed by atoms with Gasteiger partial charge in [-0.1, -0.05) is 5.16 Å². The highest BCUT2D eigenvalue weighted by Gasteiger charge is 2.20. The second kappa shape index (κ2) is 6.85. The van der Waals surface area contributed by atoms with E-state index in [1.54, 1.807) is 55.7 Å². The Labute approximate surface area is 159 Å². The average molecular weight is 379 g/mol. The predicted molar refractivity (Wildman–Crippen MR) is 106 cm³/mol. The van der Waals surface area contributed by atoms with Gasteiger partial charge >= 0.3 is 0 Å². The number of amides is 1. The number of fused-ring (bicyclic) bond motifs is 1. The number of pyridine rings is 1.